The van der Waals surface area contributed by atoms with Gasteiger partial charge in [0.15, 0.2) is 0 Å². The first kappa shape index (κ1) is 13.7. The van der Waals surface area contributed by atoms with Gasteiger partial charge in [-0.05, 0) is 72.2 Å². The van der Waals surface area contributed by atoms with Crippen molar-refractivity contribution >= 4 is 11.1 Å². The highest BCUT2D eigenvalue weighted by molar-refractivity contribution is 5.91. The van der Waals surface area contributed by atoms with Gasteiger partial charge < -0.3 is 10.2 Å². The first-order valence-corrected chi connectivity index (χ1v) is 7.55. The maximum absolute atomic E-state index is 9.48. The van der Waals surface area contributed by atoms with Crippen LogP contribution >= 0.6 is 0 Å². The molecule has 2 heteroatoms. The number of rotatable bonds is 2. The Kier molecular flexibility index (Phi) is 3.96. The summed E-state index contributed by atoms with van der Waals surface area (Å²) in [5.74, 6) is 0.610. The van der Waals surface area contributed by atoms with Crippen LogP contribution in [-0.4, -0.2) is 10.2 Å². The highest BCUT2D eigenvalue weighted by Crippen LogP contribution is 2.37. The molecule has 0 aromatic heterocycles. The van der Waals surface area contributed by atoms with E-state index >= 15 is 0 Å². The van der Waals surface area contributed by atoms with Gasteiger partial charge in [-0.15, -0.1) is 0 Å². The van der Waals surface area contributed by atoms with E-state index in [4.69, 9.17) is 0 Å². The second kappa shape index (κ2) is 6.04. The van der Waals surface area contributed by atoms with Gasteiger partial charge in [-0.1, -0.05) is 30.7 Å². The van der Waals surface area contributed by atoms with Crippen molar-refractivity contribution in [3.05, 3.63) is 59.7 Å². The van der Waals surface area contributed by atoms with Crippen LogP contribution < -0.4 is 0 Å². The van der Waals surface area contributed by atoms with Gasteiger partial charge in [0.2, 0.25) is 0 Å². The van der Waals surface area contributed by atoms with Crippen molar-refractivity contribution in [1.29, 1.82) is 0 Å². The fourth-order valence-corrected chi connectivity index (χ4v) is 3.04. The quantitative estimate of drug-likeness (QED) is 0.815. The minimum atomic E-state index is 0.305. The standard InChI is InChI=1S/C19H20O2/c20-16-10-6-14(7-11-16)18-4-2-1-3-5-19(18)15-8-12-17(21)13-9-15/h6-13,20-21H,1-5H2. The Bertz CT molecular complexity index is 579. The number of benzene rings is 2. The average Bonchev–Trinajstić information content (AvgIpc) is 2.75. The molecular weight excluding hydrogens is 260 g/mol. The van der Waals surface area contributed by atoms with Crippen molar-refractivity contribution in [3.63, 3.8) is 0 Å². The molecule has 0 amide bonds. The van der Waals surface area contributed by atoms with Crippen LogP contribution in [0.5, 0.6) is 11.5 Å². The summed E-state index contributed by atoms with van der Waals surface area (Å²) in [6.07, 6.45) is 5.81. The van der Waals surface area contributed by atoms with Gasteiger partial charge in [-0.25, -0.2) is 0 Å². The minimum Gasteiger partial charge on any atom is -0.508 e. The van der Waals surface area contributed by atoms with Crippen molar-refractivity contribution in [1.82, 2.24) is 0 Å². The molecule has 0 atom stereocenters. The molecule has 0 aliphatic heterocycles. The summed E-state index contributed by atoms with van der Waals surface area (Å²) in [7, 11) is 0. The van der Waals surface area contributed by atoms with Crippen LogP contribution in [0.25, 0.3) is 11.1 Å². The first-order valence-electron chi connectivity index (χ1n) is 7.55. The Labute approximate surface area is 125 Å². The highest BCUT2D eigenvalue weighted by Gasteiger charge is 2.14. The van der Waals surface area contributed by atoms with Gasteiger partial charge >= 0.3 is 0 Å². The molecule has 0 heterocycles. The summed E-state index contributed by atoms with van der Waals surface area (Å²) in [5.41, 5.74) is 5.13. The lowest BCUT2D eigenvalue weighted by Gasteiger charge is -2.14. The second-order valence-corrected chi connectivity index (χ2v) is 5.61. The number of phenolic OH excluding ortho intramolecular Hbond substituents is 2. The Morgan fingerprint density at radius 3 is 1.29 bits per heavy atom. The molecule has 2 aromatic rings. The van der Waals surface area contributed by atoms with Crippen LogP contribution in [0.2, 0.25) is 0 Å². The Morgan fingerprint density at radius 2 is 0.905 bits per heavy atom. The molecule has 3 rings (SSSR count). The lowest BCUT2D eigenvalue weighted by Crippen LogP contribution is -1.91. The van der Waals surface area contributed by atoms with Crippen LogP contribution in [0.1, 0.15) is 43.2 Å². The Balaban J connectivity index is 2.08. The van der Waals surface area contributed by atoms with Gasteiger partial charge in [0.05, 0.1) is 0 Å². The molecule has 2 N–H and O–H groups in total. The average molecular weight is 280 g/mol. The maximum atomic E-state index is 9.48. The van der Waals surface area contributed by atoms with Crippen LogP contribution in [0.4, 0.5) is 0 Å². The number of aromatic hydroxyl groups is 2. The number of hydrogen-bond donors (Lipinski definition) is 2. The zero-order chi connectivity index (χ0) is 14.7. The van der Waals surface area contributed by atoms with E-state index in [2.05, 4.69) is 0 Å². The highest BCUT2D eigenvalue weighted by atomic mass is 16.3. The summed E-state index contributed by atoms with van der Waals surface area (Å²) >= 11 is 0. The van der Waals surface area contributed by atoms with Gasteiger partial charge in [0, 0.05) is 0 Å². The third-order valence-corrected chi connectivity index (χ3v) is 4.15. The molecule has 1 aliphatic rings. The monoisotopic (exact) mass is 280 g/mol. The van der Waals surface area contributed by atoms with E-state index in [9.17, 15) is 10.2 Å². The van der Waals surface area contributed by atoms with Crippen molar-refractivity contribution in [2.75, 3.05) is 0 Å². The molecule has 0 spiro atoms. The lowest BCUT2D eigenvalue weighted by molar-refractivity contribution is 0.474. The number of phenols is 2. The third-order valence-electron chi connectivity index (χ3n) is 4.15. The third kappa shape index (κ3) is 3.10. The summed E-state index contributed by atoms with van der Waals surface area (Å²) < 4.78 is 0. The smallest absolute Gasteiger partial charge is 0.115 e. The van der Waals surface area contributed by atoms with E-state index in [0.717, 1.165) is 12.8 Å². The van der Waals surface area contributed by atoms with Gasteiger partial charge in [-0.2, -0.15) is 0 Å². The molecule has 0 saturated heterocycles. The fourth-order valence-electron chi connectivity index (χ4n) is 3.04. The van der Waals surface area contributed by atoms with Crippen LogP contribution in [-0.2, 0) is 0 Å². The lowest BCUT2D eigenvalue weighted by atomic mass is 9.91. The maximum Gasteiger partial charge on any atom is 0.115 e. The summed E-state index contributed by atoms with van der Waals surface area (Å²) in [4.78, 5) is 0. The molecule has 0 saturated carbocycles. The predicted octanol–water partition coefficient (Wildman–Crippen LogP) is 4.97. The van der Waals surface area contributed by atoms with E-state index in [1.807, 2.05) is 24.3 Å². The molecule has 1 aliphatic carbocycles. The molecule has 2 aromatic carbocycles. The van der Waals surface area contributed by atoms with E-state index in [-0.39, 0.29) is 0 Å². The second-order valence-electron chi connectivity index (χ2n) is 5.61. The summed E-state index contributed by atoms with van der Waals surface area (Å²) in [6, 6.07) is 15.0. The van der Waals surface area contributed by atoms with Crippen LogP contribution in [0.3, 0.4) is 0 Å². The topological polar surface area (TPSA) is 40.5 Å². The normalized spacial score (nSPS) is 15.8. The predicted molar refractivity (Wildman–Crippen MR) is 86.1 cm³/mol. The van der Waals surface area contributed by atoms with Gasteiger partial charge in [0.1, 0.15) is 11.5 Å². The largest absolute Gasteiger partial charge is 0.508 e. The van der Waals surface area contributed by atoms with Crippen LogP contribution in [0.15, 0.2) is 48.5 Å². The van der Waals surface area contributed by atoms with Crippen LogP contribution in [0, 0.1) is 0 Å². The molecule has 2 nitrogen and oxygen atoms in total. The van der Waals surface area contributed by atoms with Crippen molar-refractivity contribution in [2.24, 2.45) is 0 Å². The summed E-state index contributed by atoms with van der Waals surface area (Å²) in [5, 5.41) is 19.0. The fraction of sp³-hybridized carbons (Fsp3) is 0.263. The summed E-state index contributed by atoms with van der Waals surface area (Å²) in [6.45, 7) is 0. The van der Waals surface area contributed by atoms with E-state index in [1.54, 1.807) is 24.3 Å². The van der Waals surface area contributed by atoms with E-state index in [0.29, 0.717) is 11.5 Å². The Hall–Kier alpha value is -2.22. The van der Waals surface area contributed by atoms with Crippen molar-refractivity contribution in [3.8, 4) is 11.5 Å². The minimum absolute atomic E-state index is 0.305. The molecule has 108 valence electrons. The van der Waals surface area contributed by atoms with Crippen molar-refractivity contribution < 1.29 is 10.2 Å². The molecule has 0 radical (unpaired) electrons. The zero-order valence-electron chi connectivity index (χ0n) is 12.0. The zero-order valence-corrected chi connectivity index (χ0v) is 12.0. The molecule has 0 unspecified atom stereocenters. The SMILES string of the molecule is Oc1ccc(C2=C(c3ccc(O)cc3)CCCCC2)cc1. The van der Waals surface area contributed by atoms with E-state index in [1.165, 1.54) is 41.5 Å². The first-order chi connectivity index (χ1) is 10.2. The Morgan fingerprint density at radius 1 is 0.524 bits per heavy atom. The van der Waals surface area contributed by atoms with Crippen molar-refractivity contribution in [2.45, 2.75) is 32.1 Å². The molecule has 0 bridgehead atoms. The van der Waals surface area contributed by atoms with E-state index < -0.39 is 0 Å². The molecule has 21 heavy (non-hydrogen) atoms. The number of hydrogen-bond acceptors (Lipinski definition) is 2. The molecular formula is C19H20O2. The molecule has 0 fully saturated rings. The van der Waals surface area contributed by atoms with Gasteiger partial charge in [-0.3, -0.25) is 0 Å². The van der Waals surface area contributed by atoms with Gasteiger partial charge in [0.25, 0.3) is 0 Å². The number of allylic oxidation sites excluding steroid dienone is 2.